The number of hydrogen-bond donors (Lipinski definition) is 0. The molecule has 1 heterocycles. The molecule has 1 saturated heterocycles. The van der Waals surface area contributed by atoms with Crippen molar-refractivity contribution in [2.75, 3.05) is 5.75 Å². The van der Waals surface area contributed by atoms with Crippen molar-refractivity contribution in [3.63, 3.8) is 0 Å². The molecule has 0 aromatic heterocycles. The summed E-state index contributed by atoms with van der Waals surface area (Å²) in [4.78, 5) is 4.61. The molecule has 1 aromatic rings. The Hall–Kier alpha value is 0.0495. The molecule has 0 N–H and O–H groups in total. The number of aliphatic imine (C=N–C) groups is 1. The summed E-state index contributed by atoms with van der Waals surface area (Å²) >= 11 is 8.31. The van der Waals surface area contributed by atoms with Gasteiger partial charge < -0.3 is 0 Å². The zero-order chi connectivity index (χ0) is 9.80. The van der Waals surface area contributed by atoms with Gasteiger partial charge in [0.2, 0.25) is 0 Å². The van der Waals surface area contributed by atoms with Crippen LogP contribution in [-0.2, 0) is 0 Å². The van der Waals surface area contributed by atoms with Gasteiger partial charge in [0.1, 0.15) is 0 Å². The second-order valence-electron chi connectivity index (χ2n) is 2.90. The molecule has 0 aliphatic carbocycles. The first-order valence-corrected chi connectivity index (χ1v) is 7.87. The Bertz CT molecular complexity index is 328. The minimum absolute atomic E-state index is 0.600. The van der Waals surface area contributed by atoms with Crippen LogP contribution in [0.4, 0.5) is 5.69 Å². The molecule has 0 spiro atoms. The van der Waals surface area contributed by atoms with Crippen LogP contribution >= 0.6 is 23.4 Å². The van der Waals surface area contributed by atoms with Gasteiger partial charge in [0.15, 0.2) is 0 Å². The molecule has 0 bridgehead atoms. The molecule has 0 radical (unpaired) electrons. The normalized spacial score (nSPS) is 19.9. The number of benzene rings is 1. The van der Waals surface area contributed by atoms with Crippen molar-refractivity contribution in [2.45, 2.75) is 11.7 Å². The molecule has 1 aliphatic rings. The summed E-state index contributed by atoms with van der Waals surface area (Å²) in [5, 5.41) is 2.11. The number of rotatable bonds is 1. The van der Waals surface area contributed by atoms with E-state index in [9.17, 15) is 0 Å². The Morgan fingerprint density at radius 1 is 1.29 bits per heavy atom. The Kier molecular flexibility index (Phi) is 3.94. The monoisotopic (exact) mass is 291 g/mol. The summed E-state index contributed by atoms with van der Waals surface area (Å²) in [6.45, 7) is 0. The SMILES string of the molecule is Clc1ccc(N=C2SCCC[Se]2)cc1. The summed E-state index contributed by atoms with van der Waals surface area (Å²) in [7, 11) is 0. The molecule has 1 aliphatic heterocycles. The second-order valence-corrected chi connectivity index (χ2v) is 7.28. The summed E-state index contributed by atoms with van der Waals surface area (Å²) in [6, 6.07) is 7.73. The van der Waals surface area contributed by atoms with Crippen molar-refractivity contribution < 1.29 is 0 Å². The van der Waals surface area contributed by atoms with Crippen molar-refractivity contribution in [1.29, 1.82) is 0 Å². The van der Waals surface area contributed by atoms with E-state index in [1.54, 1.807) is 0 Å². The average molecular weight is 291 g/mol. The van der Waals surface area contributed by atoms with E-state index in [0.717, 1.165) is 10.7 Å². The second kappa shape index (κ2) is 5.22. The fourth-order valence-corrected chi connectivity index (χ4v) is 5.17. The van der Waals surface area contributed by atoms with E-state index in [2.05, 4.69) is 4.99 Å². The Morgan fingerprint density at radius 3 is 2.71 bits per heavy atom. The molecule has 0 saturated carbocycles. The summed E-state index contributed by atoms with van der Waals surface area (Å²) in [6.07, 6.45) is 1.35. The van der Waals surface area contributed by atoms with E-state index in [0.29, 0.717) is 15.0 Å². The first-order chi connectivity index (χ1) is 6.84. The molecule has 1 fully saturated rings. The van der Waals surface area contributed by atoms with Crippen molar-refractivity contribution in [3.8, 4) is 0 Å². The van der Waals surface area contributed by atoms with Crippen LogP contribution in [-0.4, -0.2) is 24.7 Å². The molecule has 0 amide bonds. The van der Waals surface area contributed by atoms with Gasteiger partial charge in [-0.15, -0.1) is 0 Å². The van der Waals surface area contributed by atoms with Gasteiger partial charge in [0, 0.05) is 0 Å². The van der Waals surface area contributed by atoms with Gasteiger partial charge in [-0.05, 0) is 0 Å². The van der Waals surface area contributed by atoms with Crippen molar-refractivity contribution in [1.82, 2.24) is 0 Å². The predicted octanol–water partition coefficient (Wildman–Crippen LogP) is 3.59. The average Bonchev–Trinajstić information content (AvgIpc) is 2.23. The number of hydrogen-bond acceptors (Lipinski definition) is 2. The summed E-state index contributed by atoms with van der Waals surface area (Å²) < 4.78 is 1.33. The summed E-state index contributed by atoms with van der Waals surface area (Å²) in [5.74, 6) is 1.23. The molecule has 2 rings (SSSR count). The minimum atomic E-state index is 0.600. The first-order valence-electron chi connectivity index (χ1n) is 4.44. The first kappa shape index (κ1) is 10.6. The maximum atomic E-state index is 5.80. The standard InChI is InChI=1S/C10H10ClNSSe/c11-8-2-4-9(5-3-8)12-10-13-6-1-7-14-10/h2-5H,1,6-7H2. The van der Waals surface area contributed by atoms with Crippen LogP contribution < -0.4 is 0 Å². The van der Waals surface area contributed by atoms with E-state index in [1.807, 2.05) is 36.0 Å². The number of nitrogens with zero attached hydrogens (tertiary/aromatic N) is 1. The van der Waals surface area contributed by atoms with E-state index < -0.39 is 0 Å². The van der Waals surface area contributed by atoms with Gasteiger partial charge in [-0.1, -0.05) is 0 Å². The van der Waals surface area contributed by atoms with E-state index >= 15 is 0 Å². The quantitative estimate of drug-likeness (QED) is 0.720. The molecule has 74 valence electrons. The van der Waals surface area contributed by atoms with E-state index in [-0.39, 0.29) is 0 Å². The van der Waals surface area contributed by atoms with Crippen LogP contribution in [0.1, 0.15) is 6.42 Å². The van der Waals surface area contributed by atoms with Gasteiger partial charge in [-0.25, -0.2) is 0 Å². The van der Waals surface area contributed by atoms with Gasteiger partial charge in [0.05, 0.1) is 0 Å². The van der Waals surface area contributed by atoms with Crippen LogP contribution in [0.3, 0.4) is 0 Å². The fraction of sp³-hybridized carbons (Fsp3) is 0.300. The fourth-order valence-electron chi connectivity index (χ4n) is 1.11. The molecule has 1 aromatic carbocycles. The molecule has 0 unspecified atom stereocenters. The third-order valence-electron chi connectivity index (χ3n) is 1.79. The van der Waals surface area contributed by atoms with Crippen molar-refractivity contribution in [3.05, 3.63) is 29.3 Å². The molecule has 0 atom stereocenters. The van der Waals surface area contributed by atoms with Gasteiger partial charge in [-0.3, -0.25) is 0 Å². The zero-order valence-electron chi connectivity index (χ0n) is 7.57. The molecular formula is C10H10ClNSSe. The third-order valence-corrected chi connectivity index (χ3v) is 5.97. The van der Waals surface area contributed by atoms with Crippen LogP contribution in [0, 0.1) is 0 Å². The molecule has 14 heavy (non-hydrogen) atoms. The molecule has 4 heteroatoms. The van der Waals surface area contributed by atoms with Crippen molar-refractivity contribution >= 4 is 47.9 Å². The predicted molar refractivity (Wildman–Crippen MR) is 66.2 cm³/mol. The zero-order valence-corrected chi connectivity index (χ0v) is 10.9. The molecular weight excluding hydrogens is 281 g/mol. The van der Waals surface area contributed by atoms with Crippen molar-refractivity contribution in [2.24, 2.45) is 4.99 Å². The van der Waals surface area contributed by atoms with Gasteiger partial charge in [0.25, 0.3) is 0 Å². The Morgan fingerprint density at radius 2 is 2.07 bits per heavy atom. The van der Waals surface area contributed by atoms with Crippen LogP contribution in [0.25, 0.3) is 0 Å². The van der Waals surface area contributed by atoms with Crippen LogP contribution in [0.15, 0.2) is 29.3 Å². The van der Waals surface area contributed by atoms with Crippen LogP contribution in [0.5, 0.6) is 0 Å². The van der Waals surface area contributed by atoms with E-state index in [1.165, 1.54) is 21.4 Å². The number of halogens is 1. The Labute approximate surface area is 99.5 Å². The maximum absolute atomic E-state index is 5.80. The van der Waals surface area contributed by atoms with Crippen LogP contribution in [0.2, 0.25) is 10.3 Å². The molecule has 1 nitrogen and oxygen atoms in total. The topological polar surface area (TPSA) is 12.4 Å². The third kappa shape index (κ3) is 3.03. The Balaban J connectivity index is 2.11. The van der Waals surface area contributed by atoms with Gasteiger partial charge in [-0.2, -0.15) is 0 Å². The van der Waals surface area contributed by atoms with E-state index in [4.69, 9.17) is 11.6 Å². The van der Waals surface area contributed by atoms with Gasteiger partial charge >= 0.3 is 99.7 Å². The number of thioether (sulfide) groups is 1. The summed E-state index contributed by atoms with van der Waals surface area (Å²) in [5.41, 5.74) is 1.03.